The van der Waals surface area contributed by atoms with Gasteiger partial charge in [-0.2, -0.15) is 0 Å². The quantitative estimate of drug-likeness (QED) is 0.891. The Morgan fingerprint density at radius 1 is 1.33 bits per heavy atom. The van der Waals surface area contributed by atoms with Gasteiger partial charge in [-0.15, -0.1) is 12.4 Å². The summed E-state index contributed by atoms with van der Waals surface area (Å²) in [6, 6.07) is 6.41. The number of benzene rings is 1. The molecule has 4 nitrogen and oxygen atoms in total. The summed E-state index contributed by atoms with van der Waals surface area (Å²) in [6.07, 6.45) is 2.12. The maximum Gasteiger partial charge on any atom is 0.240 e. The Bertz CT molecular complexity index is 470. The summed E-state index contributed by atoms with van der Waals surface area (Å²) in [5.41, 5.74) is 0. The normalized spacial score (nSPS) is 19.5. The fourth-order valence-electron chi connectivity index (χ4n) is 1.84. The van der Waals surface area contributed by atoms with Gasteiger partial charge in [-0.05, 0) is 43.7 Å². The monoisotopic (exact) mass is 310 g/mol. The molecule has 102 valence electrons. The largest absolute Gasteiger partial charge is 0.313 e. The highest BCUT2D eigenvalue weighted by Crippen LogP contribution is 2.14. The van der Waals surface area contributed by atoms with Crippen LogP contribution in [0.25, 0.3) is 0 Å². The molecule has 0 spiro atoms. The average molecular weight is 311 g/mol. The van der Waals surface area contributed by atoms with Crippen LogP contribution in [0.5, 0.6) is 0 Å². The van der Waals surface area contributed by atoms with Gasteiger partial charge in [-0.3, -0.25) is 0 Å². The zero-order valence-electron chi connectivity index (χ0n) is 9.73. The minimum atomic E-state index is -3.41. The highest BCUT2D eigenvalue weighted by Gasteiger charge is 2.18. The third-order valence-corrected chi connectivity index (χ3v) is 4.50. The van der Waals surface area contributed by atoms with E-state index in [4.69, 9.17) is 11.6 Å². The number of rotatable bonds is 4. The van der Waals surface area contributed by atoms with E-state index in [9.17, 15) is 8.42 Å². The van der Waals surface area contributed by atoms with Crippen LogP contribution in [0.2, 0.25) is 5.02 Å². The Morgan fingerprint density at radius 3 is 2.56 bits per heavy atom. The lowest BCUT2D eigenvalue weighted by Gasteiger charge is -2.11. The Balaban J connectivity index is 0.00000162. The number of hydrogen-bond acceptors (Lipinski definition) is 3. The molecule has 2 N–H and O–H groups in total. The van der Waals surface area contributed by atoms with E-state index in [0.717, 1.165) is 19.4 Å². The van der Waals surface area contributed by atoms with Crippen LogP contribution < -0.4 is 10.0 Å². The summed E-state index contributed by atoms with van der Waals surface area (Å²) in [4.78, 5) is 0.250. The minimum absolute atomic E-state index is 0. The van der Waals surface area contributed by atoms with Crippen molar-refractivity contribution in [2.24, 2.45) is 0 Å². The fraction of sp³-hybridized carbons (Fsp3) is 0.455. The lowest BCUT2D eigenvalue weighted by molar-refractivity contribution is 0.552. The summed E-state index contributed by atoms with van der Waals surface area (Å²) in [7, 11) is -3.41. The van der Waals surface area contributed by atoms with Gasteiger partial charge in [0.15, 0.2) is 0 Å². The van der Waals surface area contributed by atoms with Crippen molar-refractivity contribution in [3.8, 4) is 0 Å². The van der Waals surface area contributed by atoms with E-state index < -0.39 is 10.0 Å². The molecule has 0 radical (unpaired) electrons. The average Bonchev–Trinajstić information content (AvgIpc) is 2.80. The molecule has 18 heavy (non-hydrogen) atoms. The van der Waals surface area contributed by atoms with Crippen LogP contribution in [-0.2, 0) is 10.0 Å². The van der Waals surface area contributed by atoms with E-state index in [1.54, 1.807) is 12.1 Å². The van der Waals surface area contributed by atoms with Crippen molar-refractivity contribution in [3.63, 3.8) is 0 Å². The molecule has 0 aliphatic carbocycles. The lowest BCUT2D eigenvalue weighted by atomic mass is 10.2. The fourth-order valence-corrected chi connectivity index (χ4v) is 3.05. The Labute approximate surface area is 119 Å². The predicted octanol–water partition coefficient (Wildman–Crippen LogP) is 1.79. The molecule has 1 saturated heterocycles. The van der Waals surface area contributed by atoms with E-state index in [2.05, 4.69) is 10.0 Å². The Hall–Kier alpha value is -0.330. The molecule has 2 rings (SSSR count). The van der Waals surface area contributed by atoms with Gasteiger partial charge in [0.1, 0.15) is 0 Å². The van der Waals surface area contributed by atoms with Gasteiger partial charge < -0.3 is 5.32 Å². The first-order valence-electron chi connectivity index (χ1n) is 5.56. The van der Waals surface area contributed by atoms with Crippen LogP contribution in [0.3, 0.4) is 0 Å². The summed E-state index contributed by atoms with van der Waals surface area (Å²) < 4.78 is 26.4. The molecule has 0 aromatic heterocycles. The van der Waals surface area contributed by atoms with Crippen LogP contribution in [0.1, 0.15) is 12.8 Å². The second-order valence-corrected chi connectivity index (χ2v) is 6.30. The lowest BCUT2D eigenvalue weighted by Crippen LogP contribution is -2.37. The van der Waals surface area contributed by atoms with Gasteiger partial charge in [0, 0.05) is 17.6 Å². The second kappa shape index (κ2) is 6.73. The standard InChI is InChI=1S/C11H15ClN2O2S.ClH/c12-9-3-5-11(6-4-9)17(15,16)14-8-10-2-1-7-13-10;/h3-6,10,13-14H,1-2,7-8H2;1H. The molecule has 1 aromatic carbocycles. The molecule has 1 unspecified atom stereocenters. The SMILES string of the molecule is Cl.O=S(=O)(NCC1CCCN1)c1ccc(Cl)cc1. The molecular formula is C11H16Cl2N2O2S. The van der Waals surface area contributed by atoms with Gasteiger partial charge in [0.2, 0.25) is 10.0 Å². The van der Waals surface area contributed by atoms with Gasteiger partial charge in [-0.1, -0.05) is 11.6 Å². The van der Waals surface area contributed by atoms with Crippen molar-refractivity contribution in [2.75, 3.05) is 13.1 Å². The van der Waals surface area contributed by atoms with Gasteiger partial charge in [0.05, 0.1) is 4.90 Å². The molecule has 0 bridgehead atoms. The molecule has 0 amide bonds. The first kappa shape index (κ1) is 15.7. The molecule has 1 aliphatic heterocycles. The highest BCUT2D eigenvalue weighted by atomic mass is 35.5. The first-order valence-corrected chi connectivity index (χ1v) is 7.43. The molecule has 1 atom stereocenters. The smallest absolute Gasteiger partial charge is 0.240 e. The summed E-state index contributed by atoms with van der Waals surface area (Å²) in [5.74, 6) is 0. The zero-order valence-corrected chi connectivity index (χ0v) is 12.1. The Morgan fingerprint density at radius 2 is 2.00 bits per heavy atom. The van der Waals surface area contributed by atoms with E-state index in [1.165, 1.54) is 12.1 Å². The van der Waals surface area contributed by atoms with E-state index in [-0.39, 0.29) is 23.3 Å². The van der Waals surface area contributed by atoms with Crippen LogP contribution in [0.4, 0.5) is 0 Å². The first-order chi connectivity index (χ1) is 8.08. The third-order valence-electron chi connectivity index (χ3n) is 2.81. The molecule has 1 heterocycles. The predicted molar refractivity (Wildman–Crippen MR) is 74.9 cm³/mol. The van der Waals surface area contributed by atoms with Crippen LogP contribution in [-0.4, -0.2) is 27.5 Å². The molecule has 1 aliphatic rings. The minimum Gasteiger partial charge on any atom is -0.313 e. The number of nitrogens with one attached hydrogen (secondary N) is 2. The van der Waals surface area contributed by atoms with Crippen molar-refractivity contribution < 1.29 is 8.42 Å². The van der Waals surface area contributed by atoms with Gasteiger partial charge >= 0.3 is 0 Å². The van der Waals surface area contributed by atoms with Crippen molar-refractivity contribution in [1.82, 2.24) is 10.0 Å². The number of halogens is 2. The highest BCUT2D eigenvalue weighted by molar-refractivity contribution is 7.89. The maximum atomic E-state index is 11.9. The Kier molecular flexibility index (Phi) is 5.88. The van der Waals surface area contributed by atoms with Gasteiger partial charge in [-0.25, -0.2) is 13.1 Å². The number of sulfonamides is 1. The van der Waals surface area contributed by atoms with Gasteiger partial charge in [0.25, 0.3) is 0 Å². The molecule has 1 aromatic rings. The summed E-state index contributed by atoms with van der Waals surface area (Å²) >= 11 is 5.72. The maximum absolute atomic E-state index is 11.9. The van der Waals surface area contributed by atoms with Crippen LogP contribution >= 0.6 is 24.0 Å². The third kappa shape index (κ3) is 4.10. The van der Waals surface area contributed by atoms with Crippen molar-refractivity contribution in [2.45, 2.75) is 23.8 Å². The van der Waals surface area contributed by atoms with Crippen molar-refractivity contribution in [3.05, 3.63) is 29.3 Å². The summed E-state index contributed by atoms with van der Waals surface area (Å²) in [6.45, 7) is 1.40. The van der Waals surface area contributed by atoms with Crippen molar-refractivity contribution in [1.29, 1.82) is 0 Å². The van der Waals surface area contributed by atoms with Crippen LogP contribution in [0.15, 0.2) is 29.2 Å². The summed E-state index contributed by atoms with van der Waals surface area (Å²) in [5, 5.41) is 3.77. The van der Waals surface area contributed by atoms with Crippen LogP contribution in [0, 0.1) is 0 Å². The second-order valence-electron chi connectivity index (χ2n) is 4.10. The van der Waals surface area contributed by atoms with Crippen molar-refractivity contribution >= 4 is 34.0 Å². The van der Waals surface area contributed by atoms with E-state index >= 15 is 0 Å². The van der Waals surface area contributed by atoms with E-state index in [1.807, 2.05) is 0 Å². The molecule has 7 heteroatoms. The number of hydrogen-bond donors (Lipinski definition) is 2. The molecule has 1 fully saturated rings. The zero-order chi connectivity index (χ0) is 12.3. The molecular weight excluding hydrogens is 295 g/mol. The molecule has 0 saturated carbocycles. The van der Waals surface area contributed by atoms with E-state index in [0.29, 0.717) is 11.6 Å². The topological polar surface area (TPSA) is 58.2 Å².